The van der Waals surface area contributed by atoms with Crippen molar-refractivity contribution in [2.75, 3.05) is 18.4 Å². The Morgan fingerprint density at radius 1 is 1.41 bits per heavy atom. The van der Waals surface area contributed by atoms with Crippen LogP contribution in [0.1, 0.15) is 12.8 Å². The molecular formula is C15H18Cl2N4O. The average Bonchev–Trinajstić information content (AvgIpc) is 3.11. The molecule has 2 N–H and O–H groups in total. The molecule has 1 aromatic heterocycles. The molecule has 0 aliphatic heterocycles. The van der Waals surface area contributed by atoms with Crippen molar-refractivity contribution in [2.24, 2.45) is 5.92 Å². The second kappa shape index (κ2) is 7.63. The molecule has 0 saturated heterocycles. The van der Waals surface area contributed by atoms with Crippen LogP contribution in [0.3, 0.4) is 0 Å². The molecule has 1 fully saturated rings. The molecule has 1 heterocycles. The van der Waals surface area contributed by atoms with Gasteiger partial charge in [0, 0.05) is 18.1 Å². The van der Waals surface area contributed by atoms with Crippen LogP contribution < -0.4 is 10.6 Å². The lowest BCUT2D eigenvalue weighted by Gasteiger charge is -2.09. The second-order valence-electron chi connectivity index (χ2n) is 5.24. The smallest absolute Gasteiger partial charge is 0.238 e. The molecule has 0 atom stereocenters. The van der Waals surface area contributed by atoms with Crippen molar-refractivity contribution in [1.82, 2.24) is 15.1 Å². The minimum absolute atomic E-state index is 0. The van der Waals surface area contributed by atoms with Crippen LogP contribution in [-0.2, 0) is 4.79 Å². The monoisotopic (exact) mass is 340 g/mol. The largest absolute Gasteiger partial charge is 0.325 e. The Hall–Kier alpha value is -1.56. The molecule has 0 bridgehead atoms. The Labute approximate surface area is 140 Å². The van der Waals surface area contributed by atoms with Gasteiger partial charge in [0.25, 0.3) is 0 Å². The quantitative estimate of drug-likeness (QED) is 0.849. The van der Waals surface area contributed by atoms with Gasteiger partial charge in [0.05, 0.1) is 17.3 Å². The van der Waals surface area contributed by atoms with Crippen LogP contribution in [-0.4, -0.2) is 28.8 Å². The highest BCUT2D eigenvalue weighted by Crippen LogP contribution is 2.27. The van der Waals surface area contributed by atoms with Crippen LogP contribution in [0, 0.1) is 5.92 Å². The molecule has 7 heteroatoms. The fraction of sp³-hybridized carbons (Fsp3) is 0.333. The van der Waals surface area contributed by atoms with E-state index in [0.717, 1.165) is 18.2 Å². The van der Waals surface area contributed by atoms with Crippen molar-refractivity contribution < 1.29 is 4.79 Å². The Morgan fingerprint density at radius 3 is 2.86 bits per heavy atom. The number of carbonyl (C=O) groups is 1. The van der Waals surface area contributed by atoms with Gasteiger partial charge in [-0.15, -0.1) is 12.4 Å². The third kappa shape index (κ3) is 4.47. The predicted octanol–water partition coefficient (Wildman–Crippen LogP) is 2.89. The molecule has 2 aromatic rings. The van der Waals surface area contributed by atoms with Crippen molar-refractivity contribution in [1.29, 1.82) is 0 Å². The first-order valence-electron chi connectivity index (χ1n) is 7.02. The normalized spacial score (nSPS) is 13.5. The second-order valence-corrected chi connectivity index (χ2v) is 5.65. The van der Waals surface area contributed by atoms with Gasteiger partial charge in [-0.1, -0.05) is 11.6 Å². The topological polar surface area (TPSA) is 59.0 Å². The van der Waals surface area contributed by atoms with Crippen molar-refractivity contribution in [3.63, 3.8) is 0 Å². The summed E-state index contributed by atoms with van der Waals surface area (Å²) in [4.78, 5) is 11.8. The molecule has 1 aromatic carbocycles. The summed E-state index contributed by atoms with van der Waals surface area (Å²) < 4.78 is 1.69. The van der Waals surface area contributed by atoms with E-state index in [1.165, 1.54) is 12.8 Å². The van der Waals surface area contributed by atoms with Gasteiger partial charge in [-0.2, -0.15) is 5.10 Å². The minimum Gasteiger partial charge on any atom is -0.325 e. The molecule has 118 valence electrons. The van der Waals surface area contributed by atoms with Crippen LogP contribution in [0.15, 0.2) is 36.7 Å². The SMILES string of the molecule is Cl.O=C(CNCC1CC1)Nc1ccc(-n2cccn2)c(Cl)c1. The lowest BCUT2D eigenvalue weighted by Crippen LogP contribution is -2.29. The number of rotatable bonds is 6. The summed E-state index contributed by atoms with van der Waals surface area (Å²) in [5.41, 5.74) is 1.47. The van der Waals surface area contributed by atoms with E-state index in [4.69, 9.17) is 11.6 Å². The van der Waals surface area contributed by atoms with E-state index in [9.17, 15) is 4.79 Å². The summed E-state index contributed by atoms with van der Waals surface area (Å²) in [5.74, 6) is 0.708. The number of anilines is 1. The molecular weight excluding hydrogens is 323 g/mol. The molecule has 5 nitrogen and oxygen atoms in total. The fourth-order valence-electron chi connectivity index (χ4n) is 2.10. The maximum absolute atomic E-state index is 11.8. The Balaban J connectivity index is 0.00000176. The number of halogens is 2. The molecule has 3 rings (SSSR count). The zero-order valence-corrected chi connectivity index (χ0v) is 13.5. The molecule has 0 spiro atoms. The van der Waals surface area contributed by atoms with E-state index in [1.807, 2.05) is 24.4 Å². The summed E-state index contributed by atoms with van der Waals surface area (Å²) in [6, 6.07) is 7.22. The minimum atomic E-state index is -0.0569. The van der Waals surface area contributed by atoms with E-state index in [2.05, 4.69) is 15.7 Å². The molecule has 1 aliphatic carbocycles. The van der Waals surface area contributed by atoms with Gasteiger partial charge < -0.3 is 10.6 Å². The van der Waals surface area contributed by atoms with Gasteiger partial charge in [0.1, 0.15) is 0 Å². The standard InChI is InChI=1S/C15H17ClN4O.ClH/c16-13-8-12(4-5-14(13)20-7-1-6-18-20)19-15(21)10-17-9-11-2-3-11;/h1,4-8,11,17H,2-3,9-10H2,(H,19,21);1H. The third-order valence-corrected chi connectivity index (χ3v) is 3.70. The zero-order chi connectivity index (χ0) is 14.7. The first-order chi connectivity index (χ1) is 10.2. The number of amides is 1. The summed E-state index contributed by atoms with van der Waals surface area (Å²) in [7, 11) is 0. The van der Waals surface area contributed by atoms with Crippen molar-refractivity contribution >= 4 is 35.6 Å². The van der Waals surface area contributed by atoms with Gasteiger partial charge in [-0.3, -0.25) is 4.79 Å². The highest BCUT2D eigenvalue weighted by atomic mass is 35.5. The maximum atomic E-state index is 11.8. The lowest BCUT2D eigenvalue weighted by atomic mass is 10.2. The van der Waals surface area contributed by atoms with E-state index >= 15 is 0 Å². The number of carbonyl (C=O) groups excluding carboxylic acids is 1. The van der Waals surface area contributed by atoms with Gasteiger partial charge in [0.2, 0.25) is 5.91 Å². The highest BCUT2D eigenvalue weighted by molar-refractivity contribution is 6.32. The van der Waals surface area contributed by atoms with Gasteiger partial charge in [-0.05, 0) is 49.6 Å². The van der Waals surface area contributed by atoms with Crippen LogP contribution in [0.4, 0.5) is 5.69 Å². The maximum Gasteiger partial charge on any atom is 0.238 e. The zero-order valence-electron chi connectivity index (χ0n) is 12.0. The fourth-order valence-corrected chi connectivity index (χ4v) is 2.37. The summed E-state index contributed by atoms with van der Waals surface area (Å²) >= 11 is 6.23. The van der Waals surface area contributed by atoms with Gasteiger partial charge in [0.15, 0.2) is 0 Å². The summed E-state index contributed by atoms with van der Waals surface area (Å²) in [6.45, 7) is 1.25. The Bertz CT molecular complexity index is 626. The molecule has 0 unspecified atom stereocenters. The number of aromatic nitrogens is 2. The number of benzene rings is 1. The van der Waals surface area contributed by atoms with Crippen LogP contribution in [0.5, 0.6) is 0 Å². The van der Waals surface area contributed by atoms with Crippen LogP contribution in [0.25, 0.3) is 5.69 Å². The van der Waals surface area contributed by atoms with Gasteiger partial charge >= 0.3 is 0 Å². The van der Waals surface area contributed by atoms with Gasteiger partial charge in [-0.25, -0.2) is 4.68 Å². The van der Waals surface area contributed by atoms with E-state index in [-0.39, 0.29) is 18.3 Å². The average molecular weight is 341 g/mol. The number of nitrogens with one attached hydrogen (secondary N) is 2. The lowest BCUT2D eigenvalue weighted by molar-refractivity contribution is -0.115. The van der Waals surface area contributed by atoms with Crippen molar-refractivity contribution in [2.45, 2.75) is 12.8 Å². The molecule has 1 aliphatic rings. The van der Waals surface area contributed by atoms with E-state index in [0.29, 0.717) is 17.3 Å². The summed E-state index contributed by atoms with van der Waals surface area (Å²) in [5, 5.41) is 10.7. The Kier molecular flexibility index (Phi) is 5.83. The first kappa shape index (κ1) is 16.8. The van der Waals surface area contributed by atoms with Crippen LogP contribution in [0.2, 0.25) is 5.02 Å². The molecule has 1 amide bonds. The molecule has 0 radical (unpaired) electrons. The Morgan fingerprint density at radius 2 is 2.23 bits per heavy atom. The first-order valence-corrected chi connectivity index (χ1v) is 7.40. The predicted molar refractivity (Wildman–Crippen MR) is 90.0 cm³/mol. The van der Waals surface area contributed by atoms with E-state index in [1.54, 1.807) is 16.9 Å². The van der Waals surface area contributed by atoms with Crippen LogP contribution >= 0.6 is 24.0 Å². The molecule has 1 saturated carbocycles. The number of hydrogen-bond donors (Lipinski definition) is 2. The van der Waals surface area contributed by atoms with Crippen molar-refractivity contribution in [3.8, 4) is 5.69 Å². The van der Waals surface area contributed by atoms with E-state index < -0.39 is 0 Å². The summed E-state index contributed by atoms with van der Waals surface area (Å²) in [6.07, 6.45) is 6.07. The molecule has 22 heavy (non-hydrogen) atoms. The third-order valence-electron chi connectivity index (χ3n) is 3.40. The number of nitrogens with zero attached hydrogens (tertiary/aromatic N) is 2. The number of hydrogen-bond acceptors (Lipinski definition) is 3. The highest BCUT2D eigenvalue weighted by Gasteiger charge is 2.20. The van der Waals surface area contributed by atoms with Crippen molar-refractivity contribution in [3.05, 3.63) is 41.7 Å².